The molecule has 3 nitrogen and oxygen atoms in total. The van der Waals surface area contributed by atoms with Gasteiger partial charge in [0.1, 0.15) is 0 Å². The first kappa shape index (κ1) is 12.4. The number of carbonyl (C=O) groups is 1. The molecule has 0 spiro atoms. The van der Waals surface area contributed by atoms with E-state index in [9.17, 15) is 4.79 Å². The number of carbonyl (C=O) groups excluding carboxylic acids is 1. The van der Waals surface area contributed by atoms with Crippen LogP contribution in [0.1, 0.15) is 0 Å². The minimum atomic E-state index is 0.0933. The van der Waals surface area contributed by atoms with Crippen LogP contribution in [0.3, 0.4) is 0 Å². The first-order valence-electron chi connectivity index (χ1n) is 6.72. The quantitative estimate of drug-likeness (QED) is 0.679. The summed E-state index contributed by atoms with van der Waals surface area (Å²) in [5.41, 5.74) is 2.70. The maximum absolute atomic E-state index is 12.4. The second kappa shape index (κ2) is 4.90. The first-order valence-corrected chi connectivity index (χ1v) is 7.71. The van der Waals surface area contributed by atoms with Gasteiger partial charge in [0.25, 0.3) is 0 Å². The Kier molecular flexibility index (Phi) is 2.89. The predicted molar refractivity (Wildman–Crippen MR) is 86.1 cm³/mol. The Bertz CT molecular complexity index is 847. The summed E-state index contributed by atoms with van der Waals surface area (Å²) in [6.45, 7) is 0. The normalized spacial score (nSPS) is 14.3. The molecule has 0 radical (unpaired) electrons. The lowest BCUT2D eigenvalue weighted by molar-refractivity contribution is -0.115. The number of benzene rings is 2. The summed E-state index contributed by atoms with van der Waals surface area (Å²) in [5, 5.41) is 1.04. The summed E-state index contributed by atoms with van der Waals surface area (Å²) in [4.78, 5) is 19.7. The number of fused-ring (bicyclic) bond motifs is 2. The molecule has 102 valence electrons. The van der Waals surface area contributed by atoms with E-state index in [0.29, 0.717) is 5.75 Å². The lowest BCUT2D eigenvalue weighted by Gasteiger charge is -2.28. The molecule has 0 N–H and O–H groups in total. The second-order valence-electron chi connectivity index (χ2n) is 4.87. The van der Waals surface area contributed by atoms with Crippen LogP contribution in [0, 0.1) is 0 Å². The van der Waals surface area contributed by atoms with Crippen LogP contribution in [-0.2, 0) is 4.79 Å². The fourth-order valence-corrected chi connectivity index (χ4v) is 3.46. The van der Waals surface area contributed by atoms with E-state index in [0.717, 1.165) is 27.2 Å². The lowest BCUT2D eigenvalue weighted by atomic mass is 10.2. The zero-order chi connectivity index (χ0) is 14.2. The van der Waals surface area contributed by atoms with E-state index in [-0.39, 0.29) is 5.91 Å². The summed E-state index contributed by atoms with van der Waals surface area (Å²) in [5.74, 6) is 0.555. The number of hydrogen-bond donors (Lipinski definition) is 0. The smallest absolute Gasteiger partial charge is 0.241 e. The van der Waals surface area contributed by atoms with Crippen molar-refractivity contribution >= 4 is 39.9 Å². The standard InChI is InChI=1S/C17H12N2OS/c20-17-11-21-16-8-4-3-7-15(16)19(17)13-9-12-5-1-2-6-14(12)18-10-13/h1-10H,11H2. The van der Waals surface area contributed by atoms with Crippen molar-refractivity contribution in [3.8, 4) is 0 Å². The molecule has 4 heteroatoms. The molecule has 1 aliphatic heterocycles. The third kappa shape index (κ3) is 2.08. The highest BCUT2D eigenvalue weighted by atomic mass is 32.2. The average molecular weight is 292 g/mol. The van der Waals surface area contributed by atoms with Gasteiger partial charge < -0.3 is 0 Å². The molecule has 1 amide bonds. The zero-order valence-electron chi connectivity index (χ0n) is 11.2. The first-order chi connectivity index (χ1) is 10.3. The second-order valence-corrected chi connectivity index (χ2v) is 5.89. The van der Waals surface area contributed by atoms with Crippen LogP contribution >= 0.6 is 11.8 Å². The molecular weight excluding hydrogens is 280 g/mol. The largest absolute Gasteiger partial charge is 0.278 e. The Balaban J connectivity index is 1.89. The van der Waals surface area contributed by atoms with E-state index in [1.54, 1.807) is 22.9 Å². The Labute approximate surface area is 126 Å². The molecular formula is C17H12N2OS. The molecule has 2 aromatic carbocycles. The SMILES string of the molecule is O=C1CSc2ccccc2N1c1cnc2ccccc2c1. The Morgan fingerprint density at radius 3 is 2.81 bits per heavy atom. The molecule has 2 heterocycles. The van der Waals surface area contributed by atoms with Crippen LogP contribution in [0.2, 0.25) is 0 Å². The summed E-state index contributed by atoms with van der Waals surface area (Å²) in [6.07, 6.45) is 1.77. The van der Waals surface area contributed by atoms with Crippen LogP contribution in [0.4, 0.5) is 11.4 Å². The molecule has 3 aromatic rings. The number of hydrogen-bond acceptors (Lipinski definition) is 3. The van der Waals surface area contributed by atoms with E-state index in [1.165, 1.54) is 0 Å². The summed E-state index contributed by atoms with van der Waals surface area (Å²) in [7, 11) is 0. The molecule has 21 heavy (non-hydrogen) atoms. The average Bonchev–Trinajstić information content (AvgIpc) is 2.54. The van der Waals surface area contributed by atoms with Crippen molar-refractivity contribution in [2.45, 2.75) is 4.90 Å². The molecule has 1 aliphatic rings. The van der Waals surface area contributed by atoms with Crippen molar-refractivity contribution < 1.29 is 4.79 Å². The monoisotopic (exact) mass is 292 g/mol. The number of aromatic nitrogens is 1. The van der Waals surface area contributed by atoms with Crippen LogP contribution in [0.25, 0.3) is 10.9 Å². The molecule has 0 bridgehead atoms. The summed E-state index contributed by atoms with van der Waals surface area (Å²) in [6, 6.07) is 17.9. The number of rotatable bonds is 1. The fourth-order valence-electron chi connectivity index (χ4n) is 2.57. The van der Waals surface area contributed by atoms with Crippen molar-refractivity contribution in [2.75, 3.05) is 10.7 Å². The van der Waals surface area contributed by atoms with Crippen molar-refractivity contribution in [3.05, 3.63) is 60.8 Å². The number of nitrogens with zero attached hydrogens (tertiary/aromatic N) is 2. The maximum atomic E-state index is 12.4. The number of anilines is 2. The Morgan fingerprint density at radius 1 is 1.05 bits per heavy atom. The molecule has 4 rings (SSSR count). The summed E-state index contributed by atoms with van der Waals surface area (Å²) < 4.78 is 0. The molecule has 0 aliphatic carbocycles. The van der Waals surface area contributed by atoms with Gasteiger partial charge in [-0.25, -0.2) is 0 Å². The van der Waals surface area contributed by atoms with Gasteiger partial charge in [0, 0.05) is 10.3 Å². The van der Waals surface area contributed by atoms with Gasteiger partial charge in [-0.15, -0.1) is 11.8 Å². The zero-order valence-corrected chi connectivity index (χ0v) is 12.0. The van der Waals surface area contributed by atoms with E-state index in [2.05, 4.69) is 4.98 Å². The fraction of sp³-hybridized carbons (Fsp3) is 0.0588. The van der Waals surface area contributed by atoms with Crippen LogP contribution in [-0.4, -0.2) is 16.6 Å². The van der Waals surface area contributed by atoms with E-state index >= 15 is 0 Å². The number of pyridine rings is 1. The topological polar surface area (TPSA) is 33.2 Å². The van der Waals surface area contributed by atoms with Crippen molar-refractivity contribution in [3.63, 3.8) is 0 Å². The van der Waals surface area contributed by atoms with Gasteiger partial charge in [0.05, 0.1) is 28.8 Å². The highest BCUT2D eigenvalue weighted by molar-refractivity contribution is 8.00. The van der Waals surface area contributed by atoms with Crippen LogP contribution < -0.4 is 4.90 Å². The van der Waals surface area contributed by atoms with Gasteiger partial charge in [0.2, 0.25) is 5.91 Å². The maximum Gasteiger partial charge on any atom is 0.241 e. The lowest BCUT2D eigenvalue weighted by Crippen LogP contribution is -2.30. The minimum Gasteiger partial charge on any atom is -0.278 e. The third-order valence-electron chi connectivity index (χ3n) is 3.54. The van der Waals surface area contributed by atoms with Gasteiger partial charge in [0.15, 0.2) is 0 Å². The Hall–Kier alpha value is -2.33. The molecule has 0 saturated carbocycles. The van der Waals surface area contributed by atoms with Crippen LogP contribution in [0.5, 0.6) is 0 Å². The van der Waals surface area contributed by atoms with Crippen LogP contribution in [0.15, 0.2) is 65.7 Å². The van der Waals surface area contributed by atoms with Gasteiger partial charge in [-0.3, -0.25) is 14.7 Å². The minimum absolute atomic E-state index is 0.0933. The third-order valence-corrected chi connectivity index (χ3v) is 4.59. The highest BCUT2D eigenvalue weighted by Crippen LogP contribution is 2.39. The van der Waals surface area contributed by atoms with E-state index < -0.39 is 0 Å². The number of para-hydroxylation sites is 2. The van der Waals surface area contributed by atoms with E-state index in [1.807, 2.05) is 54.6 Å². The molecule has 0 fully saturated rings. The van der Waals surface area contributed by atoms with Crippen molar-refractivity contribution in [1.29, 1.82) is 0 Å². The Morgan fingerprint density at radius 2 is 1.86 bits per heavy atom. The number of thioether (sulfide) groups is 1. The van der Waals surface area contributed by atoms with E-state index in [4.69, 9.17) is 0 Å². The predicted octanol–water partition coefficient (Wildman–Crippen LogP) is 4.01. The molecule has 0 atom stereocenters. The van der Waals surface area contributed by atoms with Gasteiger partial charge in [-0.05, 0) is 24.3 Å². The molecule has 0 unspecified atom stereocenters. The molecule has 0 saturated heterocycles. The molecule has 1 aromatic heterocycles. The van der Waals surface area contributed by atoms with Gasteiger partial charge in [-0.1, -0.05) is 30.3 Å². The van der Waals surface area contributed by atoms with Crippen molar-refractivity contribution in [2.24, 2.45) is 0 Å². The van der Waals surface area contributed by atoms with Gasteiger partial charge >= 0.3 is 0 Å². The van der Waals surface area contributed by atoms with Gasteiger partial charge in [-0.2, -0.15) is 0 Å². The highest BCUT2D eigenvalue weighted by Gasteiger charge is 2.26. The van der Waals surface area contributed by atoms with Crippen molar-refractivity contribution in [1.82, 2.24) is 4.98 Å². The summed E-state index contributed by atoms with van der Waals surface area (Å²) >= 11 is 1.59. The number of amides is 1.